The van der Waals surface area contributed by atoms with E-state index < -0.39 is 0 Å². The predicted molar refractivity (Wildman–Crippen MR) is 76.6 cm³/mol. The van der Waals surface area contributed by atoms with Crippen LogP contribution in [0.1, 0.15) is 21.9 Å². The standard InChI is InChI=1S/C14H14BrNS/c15-13-5-6-17-14(13)9-16-8-11-7-10-3-1-2-4-12(10)11/h1-6,11,16H,7-9H2. The van der Waals surface area contributed by atoms with Gasteiger partial charge in [0.2, 0.25) is 0 Å². The minimum absolute atomic E-state index is 0.713. The van der Waals surface area contributed by atoms with Crippen LogP contribution in [0.5, 0.6) is 0 Å². The molecule has 1 heterocycles. The molecular formula is C14H14BrNS. The van der Waals surface area contributed by atoms with E-state index in [9.17, 15) is 0 Å². The number of benzene rings is 1. The third kappa shape index (κ3) is 2.32. The van der Waals surface area contributed by atoms with E-state index in [1.807, 2.05) is 0 Å². The van der Waals surface area contributed by atoms with Crippen LogP contribution < -0.4 is 5.32 Å². The Labute approximate surface area is 114 Å². The fraction of sp³-hybridized carbons (Fsp3) is 0.286. The fourth-order valence-electron chi connectivity index (χ4n) is 2.36. The largest absolute Gasteiger partial charge is 0.311 e. The number of halogens is 1. The van der Waals surface area contributed by atoms with Gasteiger partial charge >= 0.3 is 0 Å². The van der Waals surface area contributed by atoms with Crippen LogP contribution in [0.15, 0.2) is 40.2 Å². The smallest absolute Gasteiger partial charge is 0.0327 e. The highest BCUT2D eigenvalue weighted by atomic mass is 79.9. The van der Waals surface area contributed by atoms with Crippen LogP contribution in [-0.4, -0.2) is 6.54 Å². The minimum atomic E-state index is 0.713. The molecule has 0 saturated carbocycles. The van der Waals surface area contributed by atoms with Crippen molar-refractivity contribution in [3.05, 3.63) is 56.2 Å². The highest BCUT2D eigenvalue weighted by Crippen LogP contribution is 2.34. The Hall–Kier alpha value is -0.640. The molecule has 1 N–H and O–H groups in total. The maximum atomic E-state index is 3.56. The summed E-state index contributed by atoms with van der Waals surface area (Å²) in [5.41, 5.74) is 3.06. The molecule has 0 radical (unpaired) electrons. The van der Waals surface area contributed by atoms with Gasteiger partial charge in [0, 0.05) is 28.4 Å². The molecule has 0 aliphatic heterocycles. The van der Waals surface area contributed by atoms with Crippen molar-refractivity contribution in [1.29, 1.82) is 0 Å². The first-order valence-electron chi connectivity index (χ1n) is 5.85. The van der Waals surface area contributed by atoms with Crippen molar-refractivity contribution < 1.29 is 0 Å². The molecule has 1 aliphatic carbocycles. The topological polar surface area (TPSA) is 12.0 Å². The third-order valence-electron chi connectivity index (χ3n) is 3.33. The Kier molecular flexibility index (Phi) is 3.32. The average molecular weight is 308 g/mol. The van der Waals surface area contributed by atoms with Crippen molar-refractivity contribution in [2.75, 3.05) is 6.54 Å². The molecule has 3 heteroatoms. The number of hydrogen-bond donors (Lipinski definition) is 1. The molecule has 1 atom stereocenters. The lowest BCUT2D eigenvalue weighted by Crippen LogP contribution is -2.28. The molecule has 1 aromatic carbocycles. The zero-order valence-corrected chi connectivity index (χ0v) is 11.9. The summed E-state index contributed by atoms with van der Waals surface area (Å²) in [5, 5.41) is 5.68. The Morgan fingerprint density at radius 1 is 1.29 bits per heavy atom. The third-order valence-corrected chi connectivity index (χ3v) is 5.25. The number of rotatable bonds is 4. The predicted octanol–water partition coefficient (Wildman–Crippen LogP) is 3.94. The summed E-state index contributed by atoms with van der Waals surface area (Å²) in [6.45, 7) is 2.05. The minimum Gasteiger partial charge on any atom is -0.311 e. The van der Waals surface area contributed by atoms with E-state index in [0.717, 1.165) is 13.1 Å². The zero-order chi connectivity index (χ0) is 11.7. The second kappa shape index (κ2) is 4.92. The van der Waals surface area contributed by atoms with Crippen LogP contribution in [0.25, 0.3) is 0 Å². The van der Waals surface area contributed by atoms with Gasteiger partial charge in [0.05, 0.1) is 0 Å². The maximum absolute atomic E-state index is 3.56. The monoisotopic (exact) mass is 307 g/mol. The van der Waals surface area contributed by atoms with Gasteiger partial charge in [-0.2, -0.15) is 0 Å². The molecule has 2 aromatic rings. The van der Waals surface area contributed by atoms with Crippen molar-refractivity contribution in [1.82, 2.24) is 5.32 Å². The van der Waals surface area contributed by atoms with Crippen molar-refractivity contribution in [3.8, 4) is 0 Å². The van der Waals surface area contributed by atoms with Gasteiger partial charge in [-0.15, -0.1) is 11.3 Å². The van der Waals surface area contributed by atoms with E-state index in [4.69, 9.17) is 0 Å². The molecule has 0 fully saturated rings. The second-order valence-corrected chi connectivity index (χ2v) is 6.28. The SMILES string of the molecule is Brc1ccsc1CNCC1Cc2ccccc21. The number of hydrogen-bond acceptors (Lipinski definition) is 2. The van der Waals surface area contributed by atoms with Crippen molar-refractivity contribution in [3.63, 3.8) is 0 Å². The number of fused-ring (bicyclic) bond motifs is 1. The van der Waals surface area contributed by atoms with E-state index in [2.05, 4.69) is 57.0 Å². The molecule has 88 valence electrons. The summed E-state index contributed by atoms with van der Waals surface area (Å²) in [7, 11) is 0. The first kappa shape index (κ1) is 11.5. The Balaban J connectivity index is 1.53. The summed E-state index contributed by atoms with van der Waals surface area (Å²) in [4.78, 5) is 1.39. The van der Waals surface area contributed by atoms with E-state index in [-0.39, 0.29) is 0 Å². The highest BCUT2D eigenvalue weighted by molar-refractivity contribution is 9.10. The van der Waals surface area contributed by atoms with Crippen LogP contribution >= 0.6 is 27.3 Å². The Morgan fingerprint density at radius 2 is 2.18 bits per heavy atom. The maximum Gasteiger partial charge on any atom is 0.0327 e. The lowest BCUT2D eigenvalue weighted by atomic mass is 9.77. The molecule has 0 saturated heterocycles. The zero-order valence-electron chi connectivity index (χ0n) is 9.45. The van der Waals surface area contributed by atoms with Crippen LogP contribution in [0.4, 0.5) is 0 Å². The lowest BCUT2D eigenvalue weighted by molar-refractivity contribution is 0.537. The molecule has 0 spiro atoms. The molecular weight excluding hydrogens is 294 g/mol. The van der Waals surface area contributed by atoms with Crippen LogP contribution in [0, 0.1) is 0 Å². The van der Waals surface area contributed by atoms with E-state index in [1.54, 1.807) is 11.3 Å². The average Bonchev–Trinajstić information content (AvgIpc) is 2.71. The van der Waals surface area contributed by atoms with Gasteiger partial charge in [0.25, 0.3) is 0 Å². The van der Waals surface area contributed by atoms with Crippen LogP contribution in [0.2, 0.25) is 0 Å². The number of thiophene rings is 1. The first-order chi connectivity index (χ1) is 8.34. The van der Waals surface area contributed by atoms with Gasteiger partial charge in [-0.05, 0) is 44.9 Å². The quantitative estimate of drug-likeness (QED) is 0.902. The van der Waals surface area contributed by atoms with Gasteiger partial charge in [0.1, 0.15) is 0 Å². The molecule has 0 bridgehead atoms. The van der Waals surface area contributed by atoms with E-state index in [0.29, 0.717) is 5.92 Å². The molecule has 1 unspecified atom stereocenters. The van der Waals surface area contributed by atoms with Gasteiger partial charge in [0.15, 0.2) is 0 Å². The van der Waals surface area contributed by atoms with Gasteiger partial charge in [-0.1, -0.05) is 24.3 Å². The van der Waals surface area contributed by atoms with E-state index >= 15 is 0 Å². The van der Waals surface area contributed by atoms with E-state index in [1.165, 1.54) is 26.9 Å². The van der Waals surface area contributed by atoms with Crippen LogP contribution in [-0.2, 0) is 13.0 Å². The van der Waals surface area contributed by atoms with Gasteiger partial charge < -0.3 is 5.32 Å². The second-order valence-electron chi connectivity index (χ2n) is 4.42. The first-order valence-corrected chi connectivity index (χ1v) is 7.52. The van der Waals surface area contributed by atoms with Crippen LogP contribution in [0.3, 0.4) is 0 Å². The summed E-state index contributed by atoms with van der Waals surface area (Å²) < 4.78 is 1.23. The lowest BCUT2D eigenvalue weighted by Gasteiger charge is -2.30. The normalized spacial score (nSPS) is 17.6. The summed E-state index contributed by atoms with van der Waals surface area (Å²) >= 11 is 5.36. The van der Waals surface area contributed by atoms with Gasteiger partial charge in [-0.3, -0.25) is 0 Å². The molecule has 1 aromatic heterocycles. The number of nitrogens with one attached hydrogen (secondary N) is 1. The van der Waals surface area contributed by atoms with Crippen molar-refractivity contribution in [2.45, 2.75) is 18.9 Å². The summed E-state index contributed by atoms with van der Waals surface area (Å²) in [6, 6.07) is 10.9. The molecule has 3 rings (SSSR count). The summed E-state index contributed by atoms with van der Waals surface area (Å²) in [6.07, 6.45) is 1.23. The molecule has 0 amide bonds. The van der Waals surface area contributed by atoms with Gasteiger partial charge in [-0.25, -0.2) is 0 Å². The van der Waals surface area contributed by atoms with Crippen molar-refractivity contribution in [2.24, 2.45) is 0 Å². The molecule has 17 heavy (non-hydrogen) atoms. The Bertz CT molecular complexity index is 520. The molecule has 1 aliphatic rings. The fourth-order valence-corrected chi connectivity index (χ4v) is 3.82. The van der Waals surface area contributed by atoms with Crippen molar-refractivity contribution >= 4 is 27.3 Å². The molecule has 1 nitrogen and oxygen atoms in total. The highest BCUT2D eigenvalue weighted by Gasteiger charge is 2.24. The Morgan fingerprint density at radius 3 is 2.94 bits per heavy atom. The summed E-state index contributed by atoms with van der Waals surface area (Å²) in [5.74, 6) is 0.713.